The Kier molecular flexibility index (Phi) is 4.43. The number of allylic oxidation sites excluding steroid dienone is 1. The third-order valence-electron chi connectivity index (χ3n) is 2.36. The molecular weight excluding hydrogens is 212 g/mol. The first-order valence-corrected chi connectivity index (χ1v) is 5.00. The molecule has 1 aromatic carbocycles. The van der Waals surface area contributed by atoms with Gasteiger partial charge in [0.05, 0.1) is 7.11 Å². The lowest BCUT2D eigenvalue weighted by Gasteiger charge is -2.14. The first-order chi connectivity index (χ1) is 7.61. The molecule has 0 aliphatic carbocycles. The van der Waals surface area contributed by atoms with Crippen LogP contribution in [0.3, 0.4) is 0 Å². The van der Waals surface area contributed by atoms with Crippen molar-refractivity contribution >= 4 is 0 Å². The molecule has 16 heavy (non-hydrogen) atoms. The van der Waals surface area contributed by atoms with Crippen LogP contribution in [0, 0.1) is 11.6 Å². The van der Waals surface area contributed by atoms with E-state index in [1.807, 2.05) is 0 Å². The quantitative estimate of drug-likeness (QED) is 0.785. The van der Waals surface area contributed by atoms with Gasteiger partial charge in [-0.25, -0.2) is 8.78 Å². The predicted octanol–water partition coefficient (Wildman–Crippen LogP) is 2.94. The van der Waals surface area contributed by atoms with Gasteiger partial charge >= 0.3 is 0 Å². The zero-order valence-electron chi connectivity index (χ0n) is 9.17. The van der Waals surface area contributed by atoms with Crippen LogP contribution in [0.15, 0.2) is 24.8 Å². The van der Waals surface area contributed by atoms with Crippen LogP contribution < -0.4 is 10.5 Å². The zero-order chi connectivity index (χ0) is 12.1. The molecule has 0 radical (unpaired) electrons. The van der Waals surface area contributed by atoms with Crippen LogP contribution >= 0.6 is 0 Å². The molecule has 88 valence electrons. The lowest BCUT2D eigenvalue weighted by molar-refractivity contribution is 0.377. The van der Waals surface area contributed by atoms with Gasteiger partial charge in [-0.2, -0.15) is 0 Å². The molecule has 1 atom stereocenters. The number of hydrogen-bond donors (Lipinski definition) is 1. The Morgan fingerprint density at radius 3 is 2.75 bits per heavy atom. The summed E-state index contributed by atoms with van der Waals surface area (Å²) < 4.78 is 32.0. The largest absolute Gasteiger partial charge is 0.494 e. The number of benzene rings is 1. The maximum atomic E-state index is 13.7. The van der Waals surface area contributed by atoms with Crippen molar-refractivity contribution in [2.24, 2.45) is 5.73 Å². The number of ether oxygens (including phenoxy) is 1. The van der Waals surface area contributed by atoms with E-state index in [2.05, 4.69) is 6.58 Å². The van der Waals surface area contributed by atoms with Crippen LogP contribution in [-0.2, 0) is 0 Å². The third kappa shape index (κ3) is 2.58. The monoisotopic (exact) mass is 227 g/mol. The standard InChI is InChI=1S/C12H15F2NO/c1-3-4-5-9(15)11-8(13)6-7-10(16-2)12(11)14/h3,6-7,9H,1,4-5,15H2,2H3/t9-/m1/s1. The first kappa shape index (κ1) is 12.6. The van der Waals surface area contributed by atoms with Crippen LogP contribution in [0.4, 0.5) is 8.78 Å². The summed E-state index contributed by atoms with van der Waals surface area (Å²) in [4.78, 5) is 0. The Labute approximate surface area is 93.7 Å². The van der Waals surface area contributed by atoms with Crippen molar-refractivity contribution in [1.29, 1.82) is 0 Å². The van der Waals surface area contributed by atoms with E-state index in [9.17, 15) is 8.78 Å². The van der Waals surface area contributed by atoms with Crippen LogP contribution in [0.25, 0.3) is 0 Å². The van der Waals surface area contributed by atoms with Crippen LogP contribution in [0.1, 0.15) is 24.4 Å². The van der Waals surface area contributed by atoms with Crippen molar-refractivity contribution in [3.8, 4) is 5.75 Å². The molecular formula is C12H15F2NO. The SMILES string of the molecule is C=CCC[C@@H](N)c1c(F)ccc(OC)c1F. The van der Waals surface area contributed by atoms with E-state index in [1.54, 1.807) is 6.08 Å². The lowest BCUT2D eigenvalue weighted by atomic mass is 10.0. The highest BCUT2D eigenvalue weighted by molar-refractivity contribution is 5.34. The van der Waals surface area contributed by atoms with E-state index >= 15 is 0 Å². The predicted molar refractivity (Wildman–Crippen MR) is 59.3 cm³/mol. The van der Waals surface area contributed by atoms with Gasteiger partial charge in [-0.05, 0) is 25.0 Å². The van der Waals surface area contributed by atoms with E-state index in [-0.39, 0.29) is 11.3 Å². The molecule has 0 aromatic heterocycles. The van der Waals surface area contributed by atoms with Gasteiger partial charge in [0, 0.05) is 11.6 Å². The number of methoxy groups -OCH3 is 1. The number of hydrogen-bond acceptors (Lipinski definition) is 2. The van der Waals surface area contributed by atoms with E-state index in [4.69, 9.17) is 10.5 Å². The van der Waals surface area contributed by atoms with E-state index in [0.29, 0.717) is 12.8 Å². The summed E-state index contributed by atoms with van der Waals surface area (Å²) in [5.74, 6) is -1.36. The molecule has 4 heteroatoms. The van der Waals surface area contributed by atoms with Gasteiger partial charge in [0.25, 0.3) is 0 Å². The Morgan fingerprint density at radius 2 is 2.19 bits per heavy atom. The zero-order valence-corrected chi connectivity index (χ0v) is 9.17. The fraction of sp³-hybridized carbons (Fsp3) is 0.333. The van der Waals surface area contributed by atoms with Crippen molar-refractivity contribution in [3.63, 3.8) is 0 Å². The van der Waals surface area contributed by atoms with Crippen molar-refractivity contribution < 1.29 is 13.5 Å². The Balaban J connectivity index is 3.05. The molecule has 0 saturated carbocycles. The highest BCUT2D eigenvalue weighted by atomic mass is 19.1. The molecule has 1 aromatic rings. The summed E-state index contributed by atoms with van der Waals surface area (Å²) in [7, 11) is 1.33. The molecule has 0 unspecified atom stereocenters. The Hall–Kier alpha value is -1.42. The van der Waals surface area contributed by atoms with Gasteiger partial charge < -0.3 is 10.5 Å². The number of halogens is 2. The average molecular weight is 227 g/mol. The molecule has 0 aliphatic heterocycles. The molecule has 0 fully saturated rings. The van der Waals surface area contributed by atoms with Crippen LogP contribution in [-0.4, -0.2) is 7.11 Å². The molecule has 0 heterocycles. The summed E-state index contributed by atoms with van der Waals surface area (Å²) in [6.45, 7) is 3.54. The van der Waals surface area contributed by atoms with Crippen molar-refractivity contribution in [2.75, 3.05) is 7.11 Å². The van der Waals surface area contributed by atoms with Crippen LogP contribution in [0.2, 0.25) is 0 Å². The summed E-state index contributed by atoms with van der Waals surface area (Å²) in [5.41, 5.74) is 5.60. The van der Waals surface area contributed by atoms with Crippen molar-refractivity contribution in [1.82, 2.24) is 0 Å². The second-order valence-electron chi connectivity index (χ2n) is 3.45. The Morgan fingerprint density at radius 1 is 1.50 bits per heavy atom. The number of rotatable bonds is 5. The second kappa shape index (κ2) is 5.61. The molecule has 0 aliphatic rings. The van der Waals surface area contributed by atoms with Gasteiger partial charge in [0.15, 0.2) is 11.6 Å². The molecule has 2 nitrogen and oxygen atoms in total. The molecule has 0 saturated heterocycles. The minimum atomic E-state index is -0.723. The van der Waals surface area contributed by atoms with Gasteiger partial charge in [-0.15, -0.1) is 6.58 Å². The fourth-order valence-electron chi connectivity index (χ4n) is 1.49. The summed E-state index contributed by atoms with van der Waals surface area (Å²) in [5, 5.41) is 0. The van der Waals surface area contributed by atoms with Gasteiger partial charge in [0.2, 0.25) is 0 Å². The minimum absolute atomic E-state index is 0.00505. The smallest absolute Gasteiger partial charge is 0.172 e. The summed E-state index contributed by atoms with van der Waals surface area (Å²) >= 11 is 0. The topological polar surface area (TPSA) is 35.2 Å². The van der Waals surface area contributed by atoms with Crippen molar-refractivity contribution in [2.45, 2.75) is 18.9 Å². The van der Waals surface area contributed by atoms with E-state index in [0.717, 1.165) is 6.07 Å². The van der Waals surface area contributed by atoms with Gasteiger partial charge in [-0.1, -0.05) is 6.08 Å². The van der Waals surface area contributed by atoms with Gasteiger partial charge in [0.1, 0.15) is 5.82 Å². The summed E-state index contributed by atoms with van der Waals surface area (Å²) in [6.07, 6.45) is 2.72. The van der Waals surface area contributed by atoms with E-state index in [1.165, 1.54) is 13.2 Å². The highest BCUT2D eigenvalue weighted by Gasteiger charge is 2.19. The average Bonchev–Trinajstić information content (AvgIpc) is 2.26. The third-order valence-corrected chi connectivity index (χ3v) is 2.36. The van der Waals surface area contributed by atoms with Crippen molar-refractivity contribution in [3.05, 3.63) is 42.0 Å². The molecule has 0 bridgehead atoms. The fourth-order valence-corrected chi connectivity index (χ4v) is 1.49. The van der Waals surface area contributed by atoms with Crippen LogP contribution in [0.5, 0.6) is 5.75 Å². The van der Waals surface area contributed by atoms with Gasteiger partial charge in [-0.3, -0.25) is 0 Å². The summed E-state index contributed by atoms with van der Waals surface area (Å²) in [6, 6.07) is 1.72. The first-order valence-electron chi connectivity index (χ1n) is 5.00. The molecule has 2 N–H and O–H groups in total. The normalized spacial score (nSPS) is 12.2. The highest BCUT2D eigenvalue weighted by Crippen LogP contribution is 2.28. The minimum Gasteiger partial charge on any atom is -0.494 e. The number of nitrogens with two attached hydrogens (primary N) is 1. The molecule has 0 spiro atoms. The maximum Gasteiger partial charge on any atom is 0.172 e. The molecule has 0 amide bonds. The lowest BCUT2D eigenvalue weighted by Crippen LogP contribution is -2.14. The van der Waals surface area contributed by atoms with E-state index < -0.39 is 17.7 Å². The second-order valence-corrected chi connectivity index (χ2v) is 3.45. The maximum absolute atomic E-state index is 13.7. The Bertz CT molecular complexity index is 380. The molecule has 1 rings (SSSR count).